The van der Waals surface area contributed by atoms with Crippen LogP contribution in [0.15, 0.2) is 54.6 Å². The first-order valence-electron chi connectivity index (χ1n) is 7.12. The summed E-state index contributed by atoms with van der Waals surface area (Å²) in [6, 6.07) is 18.6. The van der Waals surface area contributed by atoms with Crippen LogP contribution in [0.3, 0.4) is 0 Å². The third-order valence-corrected chi connectivity index (χ3v) is 3.94. The standard InChI is InChI=1S/C18H19NO/c1-13-7-9-14(10-8-13)12-19-18(20)17-11-16(17)15-5-3-2-4-6-15/h2-10,16-17H,11-12H2,1H3,(H,19,20)/t16-,17+/m0/s1. The number of carbonyl (C=O) groups excluding carboxylic acids is 1. The lowest BCUT2D eigenvalue weighted by Crippen LogP contribution is -2.24. The Kier molecular flexibility index (Phi) is 3.55. The van der Waals surface area contributed by atoms with E-state index < -0.39 is 0 Å². The summed E-state index contributed by atoms with van der Waals surface area (Å²) in [4.78, 5) is 12.1. The monoisotopic (exact) mass is 265 g/mol. The maximum absolute atomic E-state index is 12.1. The molecular weight excluding hydrogens is 246 g/mol. The second-order valence-corrected chi connectivity index (χ2v) is 5.56. The number of aryl methyl sites for hydroxylation is 1. The first-order chi connectivity index (χ1) is 9.74. The van der Waals surface area contributed by atoms with E-state index in [0.29, 0.717) is 12.5 Å². The highest BCUT2D eigenvalue weighted by Gasteiger charge is 2.43. The Morgan fingerprint density at radius 2 is 1.80 bits per heavy atom. The molecule has 2 aromatic rings. The van der Waals surface area contributed by atoms with E-state index in [-0.39, 0.29) is 11.8 Å². The van der Waals surface area contributed by atoms with Gasteiger partial charge in [-0.3, -0.25) is 4.79 Å². The molecule has 1 N–H and O–H groups in total. The number of amides is 1. The maximum Gasteiger partial charge on any atom is 0.224 e. The molecule has 2 aromatic carbocycles. The topological polar surface area (TPSA) is 29.1 Å². The Labute approximate surface area is 119 Å². The van der Waals surface area contributed by atoms with E-state index in [9.17, 15) is 4.79 Å². The van der Waals surface area contributed by atoms with Gasteiger partial charge in [0, 0.05) is 12.5 Å². The summed E-state index contributed by atoms with van der Waals surface area (Å²) in [7, 11) is 0. The molecule has 20 heavy (non-hydrogen) atoms. The van der Waals surface area contributed by atoms with Crippen molar-refractivity contribution in [2.45, 2.75) is 25.8 Å². The summed E-state index contributed by atoms with van der Waals surface area (Å²) >= 11 is 0. The largest absolute Gasteiger partial charge is 0.352 e. The Bertz CT molecular complexity index is 589. The molecule has 0 spiro atoms. The summed E-state index contributed by atoms with van der Waals surface area (Å²) in [6.45, 7) is 2.69. The molecule has 0 unspecified atom stereocenters. The van der Waals surface area contributed by atoms with Crippen LogP contribution in [0.1, 0.15) is 29.0 Å². The van der Waals surface area contributed by atoms with Crippen LogP contribution in [-0.4, -0.2) is 5.91 Å². The van der Waals surface area contributed by atoms with Crippen LogP contribution in [-0.2, 0) is 11.3 Å². The Balaban J connectivity index is 1.53. The fraction of sp³-hybridized carbons (Fsp3) is 0.278. The van der Waals surface area contributed by atoms with Gasteiger partial charge in [0.25, 0.3) is 0 Å². The van der Waals surface area contributed by atoms with Crippen LogP contribution in [0.2, 0.25) is 0 Å². The molecule has 2 heteroatoms. The highest BCUT2D eigenvalue weighted by atomic mass is 16.2. The fourth-order valence-corrected chi connectivity index (χ4v) is 2.58. The smallest absolute Gasteiger partial charge is 0.224 e. The van der Waals surface area contributed by atoms with E-state index in [1.165, 1.54) is 11.1 Å². The van der Waals surface area contributed by atoms with E-state index in [1.807, 2.05) is 18.2 Å². The molecule has 0 bridgehead atoms. The van der Waals surface area contributed by atoms with Crippen LogP contribution in [0.25, 0.3) is 0 Å². The van der Waals surface area contributed by atoms with E-state index in [0.717, 1.165) is 12.0 Å². The molecule has 0 saturated heterocycles. The fourth-order valence-electron chi connectivity index (χ4n) is 2.58. The molecule has 1 aliphatic rings. The average molecular weight is 265 g/mol. The van der Waals surface area contributed by atoms with Crippen molar-refractivity contribution in [1.29, 1.82) is 0 Å². The van der Waals surface area contributed by atoms with Gasteiger partial charge in [0.05, 0.1) is 0 Å². The Morgan fingerprint density at radius 3 is 2.50 bits per heavy atom. The number of hydrogen-bond donors (Lipinski definition) is 1. The van der Waals surface area contributed by atoms with E-state index in [4.69, 9.17) is 0 Å². The molecule has 0 radical (unpaired) electrons. The minimum atomic E-state index is 0.155. The Hall–Kier alpha value is -2.09. The van der Waals surface area contributed by atoms with Crippen molar-refractivity contribution < 1.29 is 4.79 Å². The average Bonchev–Trinajstić information content (AvgIpc) is 3.28. The SMILES string of the molecule is Cc1ccc(CNC(=O)[C@@H]2C[C@H]2c2ccccc2)cc1. The van der Waals surface area contributed by atoms with Crippen LogP contribution in [0, 0.1) is 12.8 Å². The lowest BCUT2D eigenvalue weighted by molar-refractivity contribution is -0.122. The van der Waals surface area contributed by atoms with Crippen molar-refractivity contribution in [1.82, 2.24) is 5.32 Å². The summed E-state index contributed by atoms with van der Waals surface area (Å²) in [6.07, 6.45) is 0.976. The summed E-state index contributed by atoms with van der Waals surface area (Å²) in [5.74, 6) is 0.747. The van der Waals surface area contributed by atoms with Gasteiger partial charge in [-0.05, 0) is 30.4 Å². The number of carbonyl (C=O) groups is 1. The zero-order valence-corrected chi connectivity index (χ0v) is 11.7. The molecule has 1 amide bonds. The predicted octanol–water partition coefficient (Wildman–Crippen LogP) is 3.41. The minimum absolute atomic E-state index is 0.155. The van der Waals surface area contributed by atoms with Crippen LogP contribution < -0.4 is 5.32 Å². The summed E-state index contributed by atoms with van der Waals surface area (Å²) in [5, 5.41) is 3.04. The quantitative estimate of drug-likeness (QED) is 0.901. The third kappa shape index (κ3) is 2.90. The van der Waals surface area contributed by atoms with Crippen molar-refractivity contribution in [3.05, 3.63) is 71.3 Å². The van der Waals surface area contributed by atoms with E-state index in [1.54, 1.807) is 0 Å². The molecule has 1 aliphatic carbocycles. The number of hydrogen-bond acceptors (Lipinski definition) is 1. The minimum Gasteiger partial charge on any atom is -0.352 e. The van der Waals surface area contributed by atoms with E-state index >= 15 is 0 Å². The molecule has 102 valence electrons. The van der Waals surface area contributed by atoms with Gasteiger partial charge in [0.1, 0.15) is 0 Å². The van der Waals surface area contributed by atoms with Gasteiger partial charge in [-0.1, -0.05) is 60.2 Å². The van der Waals surface area contributed by atoms with Crippen molar-refractivity contribution in [2.75, 3.05) is 0 Å². The van der Waals surface area contributed by atoms with Crippen LogP contribution in [0.4, 0.5) is 0 Å². The molecule has 0 heterocycles. The van der Waals surface area contributed by atoms with Gasteiger partial charge in [-0.15, -0.1) is 0 Å². The molecule has 2 nitrogen and oxygen atoms in total. The number of benzene rings is 2. The molecule has 0 aliphatic heterocycles. The third-order valence-electron chi connectivity index (χ3n) is 3.94. The molecule has 1 saturated carbocycles. The second kappa shape index (κ2) is 5.49. The molecule has 1 fully saturated rings. The second-order valence-electron chi connectivity index (χ2n) is 5.56. The number of nitrogens with one attached hydrogen (secondary N) is 1. The predicted molar refractivity (Wildman–Crippen MR) is 80.3 cm³/mol. The highest BCUT2D eigenvalue weighted by Crippen LogP contribution is 2.47. The van der Waals surface area contributed by atoms with Gasteiger partial charge in [0.15, 0.2) is 0 Å². The van der Waals surface area contributed by atoms with Crippen molar-refractivity contribution in [2.24, 2.45) is 5.92 Å². The van der Waals surface area contributed by atoms with Gasteiger partial charge in [-0.25, -0.2) is 0 Å². The van der Waals surface area contributed by atoms with Gasteiger partial charge in [-0.2, -0.15) is 0 Å². The highest BCUT2D eigenvalue weighted by molar-refractivity contribution is 5.82. The van der Waals surface area contributed by atoms with Gasteiger partial charge in [0.2, 0.25) is 5.91 Å². The zero-order valence-electron chi connectivity index (χ0n) is 11.7. The molecule has 0 aromatic heterocycles. The Morgan fingerprint density at radius 1 is 1.10 bits per heavy atom. The number of rotatable bonds is 4. The summed E-state index contributed by atoms with van der Waals surface area (Å²) < 4.78 is 0. The molecule has 2 atom stereocenters. The maximum atomic E-state index is 12.1. The molecule has 3 rings (SSSR count). The first-order valence-corrected chi connectivity index (χ1v) is 7.12. The summed E-state index contributed by atoms with van der Waals surface area (Å²) in [5.41, 5.74) is 3.68. The normalized spacial score (nSPS) is 20.4. The van der Waals surface area contributed by atoms with Crippen molar-refractivity contribution in [3.8, 4) is 0 Å². The van der Waals surface area contributed by atoms with Crippen LogP contribution >= 0.6 is 0 Å². The van der Waals surface area contributed by atoms with E-state index in [2.05, 4.69) is 48.6 Å². The van der Waals surface area contributed by atoms with Crippen LogP contribution in [0.5, 0.6) is 0 Å². The van der Waals surface area contributed by atoms with Crippen molar-refractivity contribution >= 4 is 5.91 Å². The lowest BCUT2D eigenvalue weighted by atomic mass is 10.1. The molecular formula is C18H19NO. The van der Waals surface area contributed by atoms with Gasteiger partial charge >= 0.3 is 0 Å². The van der Waals surface area contributed by atoms with Crippen molar-refractivity contribution in [3.63, 3.8) is 0 Å². The zero-order chi connectivity index (χ0) is 13.9. The lowest BCUT2D eigenvalue weighted by Gasteiger charge is -2.05. The van der Waals surface area contributed by atoms with Gasteiger partial charge < -0.3 is 5.32 Å². The first kappa shape index (κ1) is 12.9.